The van der Waals surface area contributed by atoms with Crippen LogP contribution in [0.5, 0.6) is 0 Å². The maximum absolute atomic E-state index is 12.5. The van der Waals surface area contributed by atoms with Gasteiger partial charge in [0, 0.05) is 12.0 Å². The second-order valence-corrected chi connectivity index (χ2v) is 10.4. The third kappa shape index (κ3) is 8.52. The first kappa shape index (κ1) is 25.7. The van der Waals surface area contributed by atoms with E-state index in [0.717, 1.165) is 0 Å². The standard InChI is InChI=1S/C18H32NO9P/c1-12(2)27-13(20)8-9-19-15(21)14-18(6,7)10-25-29(23,28-14)26-11-24-16(22)17(3,4)5/h12,14,23H,8-11H2,1-7H3/p+1/t14-,29?/m0/s1. The Kier molecular flexibility index (Phi) is 8.98. The van der Waals surface area contributed by atoms with Crippen molar-refractivity contribution < 1.29 is 42.3 Å². The summed E-state index contributed by atoms with van der Waals surface area (Å²) in [5.74, 6) is -1.48. The molecule has 0 aliphatic carbocycles. The van der Waals surface area contributed by atoms with E-state index in [2.05, 4.69) is 5.32 Å². The lowest BCUT2D eigenvalue weighted by atomic mass is 9.87. The number of ether oxygens (including phenoxy) is 2. The zero-order valence-corrected chi connectivity index (χ0v) is 19.0. The largest absolute Gasteiger partial charge is 0.576 e. The third-order valence-corrected chi connectivity index (χ3v) is 5.16. The average Bonchev–Trinajstić information content (AvgIpc) is 2.55. The number of hydrogen-bond acceptors (Lipinski definition) is 9. The van der Waals surface area contributed by atoms with Gasteiger partial charge in [0.15, 0.2) is 6.10 Å². The van der Waals surface area contributed by atoms with Crippen molar-refractivity contribution in [3.05, 3.63) is 0 Å². The molecule has 1 fully saturated rings. The number of amides is 1. The fourth-order valence-corrected chi connectivity index (χ4v) is 3.69. The molecule has 1 saturated heterocycles. The van der Waals surface area contributed by atoms with Crippen molar-refractivity contribution in [2.75, 3.05) is 19.9 Å². The zero-order valence-electron chi connectivity index (χ0n) is 18.1. The van der Waals surface area contributed by atoms with E-state index in [9.17, 15) is 19.3 Å². The molecular formula is C18H33NO9P+. The smallest absolute Gasteiger partial charge is 0.463 e. The second-order valence-electron chi connectivity index (χ2n) is 8.72. The molecule has 0 saturated carbocycles. The fourth-order valence-electron chi connectivity index (χ4n) is 2.17. The van der Waals surface area contributed by atoms with Crippen LogP contribution in [0.1, 0.15) is 54.9 Å². The van der Waals surface area contributed by atoms with Gasteiger partial charge in [-0.15, -0.1) is 9.05 Å². The van der Waals surface area contributed by atoms with Crippen LogP contribution in [0, 0.1) is 10.8 Å². The lowest BCUT2D eigenvalue weighted by molar-refractivity contribution is -0.165. The molecule has 168 valence electrons. The van der Waals surface area contributed by atoms with Crippen molar-refractivity contribution in [2.45, 2.75) is 67.1 Å². The van der Waals surface area contributed by atoms with Gasteiger partial charge in [-0.1, -0.05) is 13.8 Å². The highest BCUT2D eigenvalue weighted by molar-refractivity contribution is 7.55. The Balaban J connectivity index is 2.60. The molecule has 1 amide bonds. The van der Waals surface area contributed by atoms with E-state index in [-0.39, 0.29) is 25.7 Å². The number of carbonyl (C=O) groups is 3. The summed E-state index contributed by atoms with van der Waals surface area (Å²) in [7, 11) is -3.86. The van der Waals surface area contributed by atoms with E-state index in [1.165, 1.54) is 0 Å². The van der Waals surface area contributed by atoms with Crippen molar-refractivity contribution in [1.29, 1.82) is 0 Å². The predicted molar refractivity (Wildman–Crippen MR) is 104 cm³/mol. The van der Waals surface area contributed by atoms with Gasteiger partial charge in [-0.2, -0.15) is 9.42 Å². The van der Waals surface area contributed by atoms with Crippen LogP contribution < -0.4 is 5.32 Å². The molecule has 0 spiro atoms. The summed E-state index contributed by atoms with van der Waals surface area (Å²) in [6.45, 7) is 11.4. The first-order valence-electron chi connectivity index (χ1n) is 9.40. The zero-order chi connectivity index (χ0) is 22.5. The van der Waals surface area contributed by atoms with Crippen molar-refractivity contribution in [1.82, 2.24) is 5.32 Å². The van der Waals surface area contributed by atoms with Gasteiger partial charge in [0.25, 0.3) is 5.91 Å². The molecule has 29 heavy (non-hydrogen) atoms. The Morgan fingerprint density at radius 2 is 1.90 bits per heavy atom. The lowest BCUT2D eigenvalue weighted by Gasteiger charge is -2.36. The van der Waals surface area contributed by atoms with Crippen LogP contribution in [0.15, 0.2) is 0 Å². The molecule has 11 heteroatoms. The third-order valence-electron chi connectivity index (χ3n) is 3.80. The van der Waals surface area contributed by atoms with Crippen molar-refractivity contribution in [3.8, 4) is 0 Å². The highest BCUT2D eigenvalue weighted by atomic mass is 31.2. The van der Waals surface area contributed by atoms with E-state index < -0.39 is 49.7 Å². The highest BCUT2D eigenvalue weighted by Crippen LogP contribution is 2.63. The molecule has 2 N–H and O–H groups in total. The summed E-state index contributed by atoms with van der Waals surface area (Å²) in [6.07, 6.45) is -1.32. The fraction of sp³-hybridized carbons (Fsp3) is 0.833. The molecule has 1 rings (SSSR count). The summed E-state index contributed by atoms with van der Waals surface area (Å²) < 4.78 is 25.8. The minimum atomic E-state index is -3.86. The Labute approximate surface area is 172 Å². The maximum atomic E-state index is 12.5. The lowest BCUT2D eigenvalue weighted by Crippen LogP contribution is -2.50. The normalized spacial score (nSPS) is 24.1. The van der Waals surface area contributed by atoms with Gasteiger partial charge >= 0.3 is 20.1 Å². The van der Waals surface area contributed by atoms with E-state index in [1.807, 2.05) is 0 Å². The summed E-state index contributed by atoms with van der Waals surface area (Å²) >= 11 is 0. The van der Waals surface area contributed by atoms with Crippen LogP contribution in [-0.2, 0) is 37.4 Å². The molecule has 0 aromatic heterocycles. The number of nitrogens with one attached hydrogen (secondary N) is 1. The topological polar surface area (TPSA) is 130 Å². The van der Waals surface area contributed by atoms with Gasteiger partial charge in [0.05, 0.1) is 17.9 Å². The summed E-state index contributed by atoms with van der Waals surface area (Å²) in [6, 6.07) is 0. The average molecular weight is 438 g/mol. The molecule has 1 aliphatic heterocycles. The van der Waals surface area contributed by atoms with Gasteiger partial charge in [0.1, 0.15) is 6.61 Å². The molecule has 0 radical (unpaired) electrons. The number of rotatable bonds is 8. The van der Waals surface area contributed by atoms with E-state index in [1.54, 1.807) is 48.5 Å². The van der Waals surface area contributed by atoms with Crippen LogP contribution in [-0.4, -0.2) is 54.9 Å². The van der Waals surface area contributed by atoms with Gasteiger partial charge in [-0.05, 0) is 34.6 Å². The Morgan fingerprint density at radius 1 is 1.28 bits per heavy atom. The monoisotopic (exact) mass is 438 g/mol. The van der Waals surface area contributed by atoms with Gasteiger partial charge in [-0.25, -0.2) is 0 Å². The van der Waals surface area contributed by atoms with Crippen LogP contribution >= 0.6 is 8.17 Å². The first-order valence-corrected chi connectivity index (χ1v) is 10.9. The molecule has 1 unspecified atom stereocenters. The second kappa shape index (κ2) is 10.1. The minimum Gasteiger partial charge on any atom is -0.463 e. The quantitative estimate of drug-likeness (QED) is 0.332. The summed E-state index contributed by atoms with van der Waals surface area (Å²) in [5, 5.41) is 2.59. The van der Waals surface area contributed by atoms with Crippen LogP contribution in [0.4, 0.5) is 0 Å². The molecule has 10 nitrogen and oxygen atoms in total. The number of hydrogen-bond donors (Lipinski definition) is 2. The first-order chi connectivity index (χ1) is 13.2. The van der Waals surface area contributed by atoms with Gasteiger partial charge in [0.2, 0.25) is 6.79 Å². The van der Waals surface area contributed by atoms with Crippen LogP contribution in [0.25, 0.3) is 0 Å². The van der Waals surface area contributed by atoms with Crippen molar-refractivity contribution >= 4 is 26.0 Å². The number of esters is 2. The Hall–Kier alpha value is -1.32. The summed E-state index contributed by atoms with van der Waals surface area (Å²) in [4.78, 5) is 46.3. The van der Waals surface area contributed by atoms with Crippen LogP contribution in [0.2, 0.25) is 0 Å². The number of carbonyl (C=O) groups excluding carboxylic acids is 3. The maximum Gasteiger partial charge on any atom is 0.576 e. The van der Waals surface area contributed by atoms with Crippen molar-refractivity contribution in [3.63, 3.8) is 0 Å². The molecule has 1 heterocycles. The molecule has 0 aromatic carbocycles. The van der Waals surface area contributed by atoms with Crippen molar-refractivity contribution in [2.24, 2.45) is 10.8 Å². The minimum absolute atomic E-state index is 0.00618. The van der Waals surface area contributed by atoms with Gasteiger partial charge < -0.3 is 14.8 Å². The van der Waals surface area contributed by atoms with Crippen LogP contribution in [0.3, 0.4) is 0 Å². The highest BCUT2D eigenvalue weighted by Gasteiger charge is 2.59. The van der Waals surface area contributed by atoms with E-state index in [0.29, 0.717) is 0 Å². The molecule has 0 bridgehead atoms. The molecule has 2 atom stereocenters. The predicted octanol–water partition coefficient (Wildman–Crippen LogP) is 2.12. The molecule has 0 aromatic rings. The Bertz CT molecular complexity index is 603. The van der Waals surface area contributed by atoms with E-state index in [4.69, 9.17) is 23.0 Å². The van der Waals surface area contributed by atoms with Gasteiger partial charge in [-0.3, -0.25) is 14.4 Å². The summed E-state index contributed by atoms with van der Waals surface area (Å²) in [5.41, 5.74) is -1.50. The SMILES string of the molecule is CC(C)OC(=O)CCNC(=O)[C@@H]1O[P+](O)(OCOC(=O)C(C)(C)C)OCC1(C)C. The van der Waals surface area contributed by atoms with E-state index >= 15 is 0 Å². The molecular weight excluding hydrogens is 405 g/mol. The Morgan fingerprint density at radius 3 is 2.45 bits per heavy atom. The molecule has 1 aliphatic rings.